The molecule has 0 unspecified atom stereocenters. The molecule has 1 rings (SSSR count). The molecule has 1 aliphatic heterocycles. The van der Waals surface area contributed by atoms with Crippen LogP contribution in [0.15, 0.2) is 0 Å². The van der Waals surface area contributed by atoms with Gasteiger partial charge in [0.05, 0.1) is 0 Å². The summed E-state index contributed by atoms with van der Waals surface area (Å²) in [5.74, 6) is 0. The predicted molar refractivity (Wildman–Crippen MR) is 49.9 cm³/mol. The molecule has 0 atom stereocenters. The van der Waals surface area contributed by atoms with Crippen molar-refractivity contribution in [1.29, 1.82) is 0 Å². The van der Waals surface area contributed by atoms with Crippen LogP contribution in [0.25, 0.3) is 0 Å². The summed E-state index contributed by atoms with van der Waals surface area (Å²) < 4.78 is 1.28. The zero-order valence-electron chi connectivity index (χ0n) is 7.34. The maximum absolute atomic E-state index is 3.11. The number of piperidine rings is 1. The van der Waals surface area contributed by atoms with Crippen molar-refractivity contribution < 1.29 is 0 Å². The van der Waals surface area contributed by atoms with Crippen LogP contribution >= 0.6 is 0 Å². The van der Waals surface area contributed by atoms with E-state index in [1.54, 1.807) is 0 Å². The van der Waals surface area contributed by atoms with Gasteiger partial charge < -0.3 is 0 Å². The summed E-state index contributed by atoms with van der Waals surface area (Å²) in [6, 6.07) is 0. The molecule has 0 saturated carbocycles. The van der Waals surface area contributed by atoms with Gasteiger partial charge in [-0.05, 0) is 0 Å². The van der Waals surface area contributed by atoms with Crippen LogP contribution in [0.5, 0.6) is 0 Å². The molecule has 1 aliphatic rings. The van der Waals surface area contributed by atoms with Crippen LogP contribution in [-0.2, 0) is 0 Å². The zero-order valence-corrected chi connectivity index (χ0v) is 9.05. The van der Waals surface area contributed by atoms with Crippen LogP contribution in [-0.4, -0.2) is 57.2 Å². The molecular weight excluding hydrogens is 203 g/mol. The molecule has 11 heavy (non-hydrogen) atoms. The third-order valence-electron chi connectivity index (χ3n) is 2.01. The van der Waals surface area contributed by atoms with E-state index >= 15 is 0 Å². The number of likely N-dealkylation sites (tertiary alicyclic amines) is 1. The zero-order chi connectivity index (χ0) is 8.27. The first kappa shape index (κ1) is 9.08. The van der Waals surface area contributed by atoms with Crippen LogP contribution in [0, 0.1) is 0 Å². The molecule has 1 fully saturated rings. The van der Waals surface area contributed by atoms with Gasteiger partial charge in [-0.1, -0.05) is 0 Å². The van der Waals surface area contributed by atoms with Gasteiger partial charge in [-0.3, -0.25) is 0 Å². The van der Waals surface area contributed by atoms with E-state index in [1.165, 1.54) is 37.0 Å². The minimum absolute atomic E-state index is 1.22. The summed E-state index contributed by atoms with van der Waals surface area (Å²) in [5.41, 5.74) is 0. The first-order chi connectivity index (χ1) is 5.22. The Morgan fingerprint density at radius 2 is 1.73 bits per heavy atom. The summed E-state index contributed by atoms with van der Waals surface area (Å²) in [6.07, 6.45) is 4.09. The third kappa shape index (κ3) is 2.49. The van der Waals surface area contributed by atoms with Crippen molar-refractivity contribution in [3.63, 3.8) is 0 Å². The number of nitrogens with zero attached hydrogens (tertiary/aromatic N) is 2. The van der Waals surface area contributed by atoms with Crippen molar-refractivity contribution in [2.24, 2.45) is 0 Å². The van der Waals surface area contributed by atoms with Gasteiger partial charge in [-0.15, -0.1) is 0 Å². The van der Waals surface area contributed by atoms with Crippen LogP contribution in [0.3, 0.4) is 0 Å². The molecule has 0 spiro atoms. The summed E-state index contributed by atoms with van der Waals surface area (Å²) in [5, 5.41) is 0. The fourth-order valence-corrected chi connectivity index (χ4v) is 1.75. The average molecular weight is 219 g/mol. The Hall–Kier alpha value is -0.0105. The summed E-state index contributed by atoms with van der Waals surface area (Å²) >= 11 is 3.11. The van der Waals surface area contributed by atoms with E-state index in [1.807, 2.05) is 0 Å². The van der Waals surface area contributed by atoms with Gasteiger partial charge >= 0.3 is 76.5 Å². The van der Waals surface area contributed by atoms with E-state index in [4.69, 9.17) is 0 Å². The SMILES string of the molecule is CN(C)C(=[Se])N1CCCCC1. The van der Waals surface area contributed by atoms with Crippen molar-refractivity contribution in [3.8, 4) is 0 Å². The van der Waals surface area contributed by atoms with Crippen LogP contribution < -0.4 is 0 Å². The van der Waals surface area contributed by atoms with E-state index in [2.05, 4.69) is 39.5 Å². The third-order valence-corrected chi connectivity index (χ3v) is 3.32. The van der Waals surface area contributed by atoms with Gasteiger partial charge in [0.15, 0.2) is 0 Å². The monoisotopic (exact) mass is 220 g/mol. The van der Waals surface area contributed by atoms with Gasteiger partial charge in [-0.25, -0.2) is 0 Å². The van der Waals surface area contributed by atoms with Gasteiger partial charge in [0.2, 0.25) is 0 Å². The van der Waals surface area contributed by atoms with Crippen molar-refractivity contribution >= 4 is 20.2 Å². The quantitative estimate of drug-likeness (QED) is 0.616. The Morgan fingerprint density at radius 1 is 1.18 bits per heavy atom. The number of hydrogen-bond acceptors (Lipinski definition) is 2. The van der Waals surface area contributed by atoms with Crippen molar-refractivity contribution in [3.05, 3.63) is 0 Å². The van der Waals surface area contributed by atoms with E-state index in [9.17, 15) is 0 Å². The van der Waals surface area contributed by atoms with E-state index in [0.29, 0.717) is 0 Å². The minimum atomic E-state index is 1.22. The van der Waals surface area contributed by atoms with Crippen LogP contribution in [0.1, 0.15) is 19.3 Å². The van der Waals surface area contributed by atoms with Gasteiger partial charge in [-0.2, -0.15) is 0 Å². The van der Waals surface area contributed by atoms with Gasteiger partial charge in [0, 0.05) is 0 Å². The van der Waals surface area contributed by atoms with E-state index in [0.717, 1.165) is 0 Å². The number of rotatable bonds is 2. The molecule has 2 nitrogen and oxygen atoms in total. The topological polar surface area (TPSA) is 6.48 Å². The Labute approximate surface area is 76.9 Å². The molecular formula is C8H16N2Se. The molecule has 1 heterocycles. The van der Waals surface area contributed by atoms with Crippen molar-refractivity contribution in [2.75, 3.05) is 27.2 Å². The predicted octanol–water partition coefficient (Wildman–Crippen LogP) is 0.290. The molecule has 64 valence electrons. The Balaban J connectivity index is 2.39. The maximum atomic E-state index is 3.11. The standard InChI is InChI=1S/C8H16N2Se/c1-9(2)8(11)10-6-4-3-5-7-10/h3-7H2,1-2H3. The first-order valence-electron chi connectivity index (χ1n) is 4.18. The molecule has 0 radical (unpaired) electrons. The van der Waals surface area contributed by atoms with Crippen molar-refractivity contribution in [1.82, 2.24) is 9.80 Å². The van der Waals surface area contributed by atoms with Crippen LogP contribution in [0.4, 0.5) is 0 Å². The van der Waals surface area contributed by atoms with E-state index < -0.39 is 0 Å². The normalized spacial score (nSPS) is 18.2. The molecule has 0 aromatic rings. The molecule has 0 aromatic carbocycles. The fraction of sp³-hybridized carbons (Fsp3) is 0.875. The van der Waals surface area contributed by atoms with Crippen LogP contribution in [0.2, 0.25) is 0 Å². The fourth-order valence-electron chi connectivity index (χ4n) is 1.37. The Bertz CT molecular complexity index is 139. The second-order valence-corrected chi connectivity index (χ2v) is 3.99. The first-order valence-corrected chi connectivity index (χ1v) is 5.03. The molecule has 0 amide bonds. The molecule has 0 aromatic heterocycles. The summed E-state index contributed by atoms with van der Waals surface area (Å²) in [7, 11) is 4.17. The summed E-state index contributed by atoms with van der Waals surface area (Å²) in [6.45, 7) is 2.45. The average Bonchev–Trinajstić information content (AvgIpc) is 2.05. The summed E-state index contributed by atoms with van der Waals surface area (Å²) in [4.78, 5) is 4.56. The Morgan fingerprint density at radius 3 is 2.18 bits per heavy atom. The van der Waals surface area contributed by atoms with Gasteiger partial charge in [0.25, 0.3) is 0 Å². The number of hydrogen-bond donors (Lipinski definition) is 0. The molecule has 0 N–H and O–H groups in total. The molecule has 0 aliphatic carbocycles. The molecule has 0 bridgehead atoms. The second-order valence-electron chi connectivity index (χ2n) is 3.22. The molecule has 3 heteroatoms. The van der Waals surface area contributed by atoms with E-state index in [-0.39, 0.29) is 0 Å². The Kier molecular flexibility index (Phi) is 3.41. The second kappa shape index (κ2) is 4.12. The van der Waals surface area contributed by atoms with Crippen molar-refractivity contribution in [2.45, 2.75) is 19.3 Å². The molecule has 1 saturated heterocycles. The van der Waals surface area contributed by atoms with Gasteiger partial charge in [0.1, 0.15) is 0 Å².